The van der Waals surface area contributed by atoms with Gasteiger partial charge in [0.25, 0.3) is 11.8 Å². The number of anilines is 1. The van der Waals surface area contributed by atoms with Gasteiger partial charge in [-0.15, -0.1) is 0 Å². The first kappa shape index (κ1) is 19.2. The second-order valence-corrected chi connectivity index (χ2v) is 5.97. The van der Waals surface area contributed by atoms with E-state index in [2.05, 4.69) is 10.6 Å². The van der Waals surface area contributed by atoms with Crippen LogP contribution in [0.3, 0.4) is 0 Å². The van der Waals surface area contributed by atoms with Crippen molar-refractivity contribution in [3.05, 3.63) is 54.6 Å². The Morgan fingerprint density at radius 1 is 1.07 bits per heavy atom. The summed E-state index contributed by atoms with van der Waals surface area (Å²) in [6, 6.07) is 16.1. The van der Waals surface area contributed by atoms with Gasteiger partial charge in [-0.2, -0.15) is 0 Å². The molecule has 0 aliphatic carbocycles. The smallest absolute Gasteiger partial charge is 0.310 e. The van der Waals surface area contributed by atoms with Crippen molar-refractivity contribution in [1.82, 2.24) is 5.32 Å². The number of fused-ring (bicyclic) bond motifs is 1. The lowest BCUT2D eigenvalue weighted by atomic mass is 10.1. The summed E-state index contributed by atoms with van der Waals surface area (Å²) >= 11 is 0. The van der Waals surface area contributed by atoms with Crippen LogP contribution in [-0.4, -0.2) is 43.6 Å². The number of esters is 1. The molecule has 1 aliphatic heterocycles. The molecule has 1 atom stereocenters. The van der Waals surface area contributed by atoms with Crippen molar-refractivity contribution >= 4 is 23.5 Å². The third-order valence-electron chi connectivity index (χ3n) is 3.86. The van der Waals surface area contributed by atoms with E-state index in [1.54, 1.807) is 24.3 Å². The number of hydrogen-bond acceptors (Lipinski definition) is 6. The van der Waals surface area contributed by atoms with Gasteiger partial charge in [0.2, 0.25) is 0 Å². The van der Waals surface area contributed by atoms with Crippen molar-refractivity contribution in [3.8, 4) is 11.5 Å². The van der Waals surface area contributed by atoms with Crippen molar-refractivity contribution in [1.29, 1.82) is 0 Å². The van der Waals surface area contributed by atoms with Crippen LogP contribution in [0.4, 0.5) is 5.69 Å². The fourth-order valence-corrected chi connectivity index (χ4v) is 2.51. The topological polar surface area (TPSA) is 103 Å². The second-order valence-electron chi connectivity index (χ2n) is 5.97. The number of hydrogen-bond donors (Lipinski definition) is 2. The maximum Gasteiger partial charge on any atom is 0.310 e. The van der Waals surface area contributed by atoms with E-state index in [-0.39, 0.29) is 13.0 Å². The SMILES string of the molecule is O=C(COC(=O)C[C@@H]1Oc2ccccc2NC1=O)NCCOc1ccccc1. The van der Waals surface area contributed by atoms with Gasteiger partial charge >= 0.3 is 5.97 Å². The molecule has 8 nitrogen and oxygen atoms in total. The van der Waals surface area contributed by atoms with Crippen LogP contribution in [0.1, 0.15) is 6.42 Å². The maximum absolute atomic E-state index is 12.0. The number of rotatable bonds is 8. The molecule has 1 heterocycles. The van der Waals surface area contributed by atoms with Gasteiger partial charge in [-0.3, -0.25) is 14.4 Å². The number of ether oxygens (including phenoxy) is 3. The zero-order valence-electron chi connectivity index (χ0n) is 15.1. The van der Waals surface area contributed by atoms with Crippen LogP contribution in [-0.2, 0) is 19.1 Å². The summed E-state index contributed by atoms with van der Waals surface area (Å²) in [5.74, 6) is -0.399. The highest BCUT2D eigenvalue weighted by Crippen LogP contribution is 2.29. The summed E-state index contributed by atoms with van der Waals surface area (Å²) in [6.07, 6.45) is -1.28. The molecule has 1 aliphatic rings. The number of amides is 2. The third kappa shape index (κ3) is 5.47. The molecule has 3 rings (SSSR count). The lowest BCUT2D eigenvalue weighted by Crippen LogP contribution is -2.39. The molecule has 0 radical (unpaired) electrons. The molecular weight excluding hydrogens is 364 g/mol. The number of carbonyl (C=O) groups is 3. The summed E-state index contributed by atoms with van der Waals surface area (Å²) in [6.45, 7) is 0.129. The van der Waals surface area contributed by atoms with Gasteiger partial charge < -0.3 is 24.8 Å². The highest BCUT2D eigenvalue weighted by Gasteiger charge is 2.30. The van der Waals surface area contributed by atoms with E-state index in [0.29, 0.717) is 23.8 Å². The number of benzene rings is 2. The van der Waals surface area contributed by atoms with Crippen molar-refractivity contribution in [2.75, 3.05) is 25.1 Å². The van der Waals surface area contributed by atoms with E-state index in [1.165, 1.54) is 0 Å². The van der Waals surface area contributed by atoms with Gasteiger partial charge in [0.05, 0.1) is 18.7 Å². The fraction of sp³-hybridized carbons (Fsp3) is 0.250. The first-order valence-electron chi connectivity index (χ1n) is 8.78. The largest absolute Gasteiger partial charge is 0.492 e. The highest BCUT2D eigenvalue weighted by molar-refractivity contribution is 5.99. The summed E-state index contributed by atoms with van der Waals surface area (Å²) < 4.78 is 15.9. The Bertz CT molecular complexity index is 840. The van der Waals surface area contributed by atoms with E-state index in [4.69, 9.17) is 14.2 Å². The highest BCUT2D eigenvalue weighted by atomic mass is 16.5. The Morgan fingerprint density at radius 3 is 2.64 bits per heavy atom. The molecular formula is C20H20N2O6. The van der Waals surface area contributed by atoms with E-state index in [0.717, 1.165) is 0 Å². The molecule has 0 spiro atoms. The molecule has 28 heavy (non-hydrogen) atoms. The molecule has 0 saturated heterocycles. The molecule has 0 saturated carbocycles. The van der Waals surface area contributed by atoms with E-state index in [9.17, 15) is 14.4 Å². The predicted molar refractivity (Wildman–Crippen MR) is 100 cm³/mol. The summed E-state index contributed by atoms with van der Waals surface area (Å²) in [5.41, 5.74) is 0.550. The minimum atomic E-state index is -0.996. The Kier molecular flexibility index (Phi) is 6.46. The average molecular weight is 384 g/mol. The van der Waals surface area contributed by atoms with Crippen molar-refractivity contribution < 1.29 is 28.6 Å². The molecule has 0 unspecified atom stereocenters. The van der Waals surface area contributed by atoms with Gasteiger partial charge in [0.15, 0.2) is 12.7 Å². The van der Waals surface area contributed by atoms with E-state index >= 15 is 0 Å². The average Bonchev–Trinajstić information content (AvgIpc) is 2.71. The maximum atomic E-state index is 12.0. The lowest BCUT2D eigenvalue weighted by molar-refractivity contribution is -0.151. The van der Waals surface area contributed by atoms with Crippen LogP contribution in [0.5, 0.6) is 11.5 Å². The molecule has 0 bridgehead atoms. The molecule has 2 N–H and O–H groups in total. The molecule has 2 aromatic carbocycles. The van der Waals surface area contributed by atoms with Gasteiger partial charge in [-0.05, 0) is 24.3 Å². The van der Waals surface area contributed by atoms with E-state index < -0.39 is 30.5 Å². The summed E-state index contributed by atoms with van der Waals surface area (Å²) in [5, 5.41) is 5.25. The fourth-order valence-electron chi connectivity index (χ4n) is 2.51. The van der Waals surface area contributed by atoms with Crippen LogP contribution < -0.4 is 20.1 Å². The monoisotopic (exact) mass is 384 g/mol. The zero-order chi connectivity index (χ0) is 19.8. The quantitative estimate of drug-likeness (QED) is 0.528. The van der Waals surface area contributed by atoms with Gasteiger partial charge in [0, 0.05) is 0 Å². The normalized spacial score (nSPS) is 14.9. The minimum Gasteiger partial charge on any atom is -0.492 e. The molecule has 2 aromatic rings. The Morgan fingerprint density at radius 2 is 1.82 bits per heavy atom. The van der Waals surface area contributed by atoms with Crippen LogP contribution >= 0.6 is 0 Å². The molecule has 8 heteroatoms. The van der Waals surface area contributed by atoms with Gasteiger partial charge in [-0.1, -0.05) is 30.3 Å². The Hall–Kier alpha value is -3.55. The summed E-state index contributed by atoms with van der Waals surface area (Å²) in [7, 11) is 0. The molecule has 0 aromatic heterocycles. The first-order chi connectivity index (χ1) is 13.6. The van der Waals surface area contributed by atoms with Crippen LogP contribution in [0.2, 0.25) is 0 Å². The van der Waals surface area contributed by atoms with Crippen LogP contribution in [0.15, 0.2) is 54.6 Å². The van der Waals surface area contributed by atoms with Crippen LogP contribution in [0, 0.1) is 0 Å². The Balaban J connectivity index is 1.34. The van der Waals surface area contributed by atoms with Gasteiger partial charge in [0.1, 0.15) is 18.1 Å². The van der Waals surface area contributed by atoms with Gasteiger partial charge in [-0.25, -0.2) is 0 Å². The first-order valence-corrected chi connectivity index (χ1v) is 8.78. The predicted octanol–water partition coefficient (Wildman–Crippen LogP) is 1.51. The van der Waals surface area contributed by atoms with Crippen molar-refractivity contribution in [2.45, 2.75) is 12.5 Å². The van der Waals surface area contributed by atoms with E-state index in [1.807, 2.05) is 30.3 Å². The van der Waals surface area contributed by atoms with Crippen molar-refractivity contribution in [3.63, 3.8) is 0 Å². The summed E-state index contributed by atoms with van der Waals surface area (Å²) in [4.78, 5) is 35.6. The number of para-hydroxylation sites is 3. The van der Waals surface area contributed by atoms with Crippen molar-refractivity contribution in [2.24, 2.45) is 0 Å². The molecule has 146 valence electrons. The second kappa shape index (κ2) is 9.40. The molecule has 2 amide bonds. The van der Waals surface area contributed by atoms with Crippen LogP contribution in [0.25, 0.3) is 0 Å². The minimum absolute atomic E-state index is 0.274. The standard InChI is InChI=1S/C20H20N2O6/c23-18(21-10-11-26-14-6-2-1-3-7-14)13-27-19(24)12-17-20(25)22-15-8-4-5-9-16(15)28-17/h1-9,17H,10-13H2,(H,21,23)(H,22,25)/t17-/m0/s1. The zero-order valence-corrected chi connectivity index (χ0v) is 15.1. The third-order valence-corrected chi connectivity index (χ3v) is 3.86. The lowest BCUT2D eigenvalue weighted by Gasteiger charge is -2.25. The number of carbonyl (C=O) groups excluding carboxylic acids is 3. The molecule has 0 fully saturated rings. The number of nitrogens with one attached hydrogen (secondary N) is 2. The Labute approximate surface area is 161 Å².